The molecule has 5 atom stereocenters. The summed E-state index contributed by atoms with van der Waals surface area (Å²) < 4.78 is 45.3. The van der Waals surface area contributed by atoms with Crippen LogP contribution in [0.1, 0.15) is 58.4 Å². The molecule has 1 aliphatic heterocycles. The Labute approximate surface area is 215 Å². The molecule has 1 heterocycles. The van der Waals surface area contributed by atoms with Crippen LogP contribution in [0.4, 0.5) is 0 Å². The van der Waals surface area contributed by atoms with E-state index in [1.54, 1.807) is 32.0 Å². The van der Waals surface area contributed by atoms with Crippen molar-refractivity contribution in [2.45, 2.75) is 99.8 Å². The molecule has 8 heteroatoms. The number of aliphatic hydroxyl groups excluding tert-OH is 2. The summed E-state index contributed by atoms with van der Waals surface area (Å²) in [6.07, 6.45) is -0.272. The SMILES string of the molecule is CCCC[C@H](OCc1ccccc1)[C@H]1OC(C)(C)O[C@@H]1[C@H](O)CC(CCO)S(=O)(=O)c1ccccc1. The molecule has 200 valence electrons. The quantitative estimate of drug-likeness (QED) is 0.384. The van der Waals surface area contributed by atoms with E-state index in [-0.39, 0.29) is 30.4 Å². The standard InChI is InChI=1S/C28H40O7S/c1-4-5-16-25(33-20-21-12-8-6-9-13-21)27-26(34-28(2,3)35-27)24(30)19-23(17-18-29)36(31,32)22-14-10-7-11-15-22/h6-15,23-27,29-30H,4-5,16-20H2,1-3H3/t23?,24-,25+,26-,27-/m1/s1. The molecule has 2 aromatic rings. The maximum atomic E-state index is 13.3. The first-order valence-corrected chi connectivity index (χ1v) is 14.3. The molecule has 0 bridgehead atoms. The molecule has 0 aliphatic carbocycles. The number of hydrogen-bond acceptors (Lipinski definition) is 7. The first-order chi connectivity index (χ1) is 17.2. The molecule has 1 fully saturated rings. The Kier molecular flexibility index (Phi) is 10.5. The summed E-state index contributed by atoms with van der Waals surface area (Å²) in [6, 6.07) is 18.0. The molecule has 1 aliphatic rings. The van der Waals surface area contributed by atoms with Gasteiger partial charge < -0.3 is 24.4 Å². The number of rotatable bonds is 14. The Morgan fingerprint density at radius 2 is 1.58 bits per heavy atom. The predicted octanol–water partition coefficient (Wildman–Crippen LogP) is 4.26. The van der Waals surface area contributed by atoms with E-state index in [4.69, 9.17) is 14.2 Å². The third-order valence-electron chi connectivity index (χ3n) is 6.52. The minimum atomic E-state index is -3.76. The smallest absolute Gasteiger partial charge is 0.181 e. The number of unbranched alkanes of at least 4 members (excludes halogenated alkanes) is 1. The van der Waals surface area contributed by atoms with Gasteiger partial charge in [-0.25, -0.2) is 8.42 Å². The number of hydrogen-bond donors (Lipinski definition) is 2. The molecule has 0 aromatic heterocycles. The van der Waals surface area contributed by atoms with E-state index in [0.717, 1.165) is 24.8 Å². The van der Waals surface area contributed by atoms with Crippen molar-refractivity contribution < 1.29 is 32.8 Å². The fourth-order valence-electron chi connectivity index (χ4n) is 4.68. The van der Waals surface area contributed by atoms with E-state index in [2.05, 4.69) is 6.92 Å². The molecular formula is C28H40O7S. The third-order valence-corrected chi connectivity index (χ3v) is 8.76. The van der Waals surface area contributed by atoms with Crippen molar-refractivity contribution in [2.24, 2.45) is 0 Å². The van der Waals surface area contributed by atoms with Gasteiger partial charge in [-0.1, -0.05) is 68.3 Å². The molecule has 2 aromatic carbocycles. The van der Waals surface area contributed by atoms with Gasteiger partial charge >= 0.3 is 0 Å². The van der Waals surface area contributed by atoms with Crippen molar-refractivity contribution in [3.63, 3.8) is 0 Å². The van der Waals surface area contributed by atoms with Crippen LogP contribution in [0.3, 0.4) is 0 Å². The molecule has 7 nitrogen and oxygen atoms in total. The van der Waals surface area contributed by atoms with Gasteiger partial charge in [0.15, 0.2) is 15.6 Å². The highest BCUT2D eigenvalue weighted by atomic mass is 32.2. The van der Waals surface area contributed by atoms with Crippen molar-refractivity contribution >= 4 is 9.84 Å². The van der Waals surface area contributed by atoms with Crippen molar-refractivity contribution in [1.29, 1.82) is 0 Å². The molecule has 2 N–H and O–H groups in total. The second kappa shape index (κ2) is 13.1. The third kappa shape index (κ3) is 7.60. The van der Waals surface area contributed by atoms with Crippen molar-refractivity contribution in [3.8, 4) is 0 Å². The van der Waals surface area contributed by atoms with E-state index in [0.29, 0.717) is 6.61 Å². The molecule has 1 saturated heterocycles. The molecule has 0 saturated carbocycles. The fourth-order valence-corrected chi connectivity index (χ4v) is 6.46. The maximum absolute atomic E-state index is 13.3. The van der Waals surface area contributed by atoms with Crippen LogP contribution in [0.5, 0.6) is 0 Å². The zero-order chi connectivity index (χ0) is 26.2. The fraction of sp³-hybridized carbons (Fsp3) is 0.571. The van der Waals surface area contributed by atoms with Gasteiger partial charge in [-0.2, -0.15) is 0 Å². The average Bonchev–Trinajstić information content (AvgIpc) is 3.20. The number of ether oxygens (including phenoxy) is 3. The summed E-state index contributed by atoms with van der Waals surface area (Å²) in [5.41, 5.74) is 1.03. The van der Waals surface area contributed by atoms with Gasteiger partial charge in [-0.15, -0.1) is 0 Å². The lowest BCUT2D eigenvalue weighted by Crippen LogP contribution is -2.45. The second-order valence-corrected chi connectivity index (χ2v) is 12.1. The van der Waals surface area contributed by atoms with E-state index >= 15 is 0 Å². The van der Waals surface area contributed by atoms with Crippen molar-refractivity contribution in [1.82, 2.24) is 0 Å². The first kappa shape index (κ1) is 28.8. The zero-order valence-corrected chi connectivity index (χ0v) is 22.3. The lowest BCUT2D eigenvalue weighted by Gasteiger charge is -2.30. The van der Waals surface area contributed by atoms with Crippen LogP contribution in [-0.2, 0) is 30.7 Å². The Morgan fingerprint density at radius 3 is 2.19 bits per heavy atom. The molecule has 1 unspecified atom stereocenters. The summed E-state index contributed by atoms with van der Waals surface area (Å²) in [6.45, 7) is 5.76. The average molecular weight is 521 g/mol. The van der Waals surface area contributed by atoms with Gasteiger partial charge in [-0.3, -0.25) is 0 Å². The topological polar surface area (TPSA) is 102 Å². The van der Waals surface area contributed by atoms with Crippen LogP contribution in [0.2, 0.25) is 0 Å². The first-order valence-electron chi connectivity index (χ1n) is 12.8. The Balaban J connectivity index is 1.80. The van der Waals surface area contributed by atoms with Crippen LogP contribution in [0, 0.1) is 0 Å². The number of sulfone groups is 1. The molecule has 3 rings (SSSR count). The number of aliphatic hydroxyl groups is 2. The van der Waals surface area contributed by atoms with Gasteiger partial charge in [0.05, 0.1) is 29.0 Å². The van der Waals surface area contributed by atoms with Gasteiger partial charge in [0.25, 0.3) is 0 Å². The van der Waals surface area contributed by atoms with Crippen LogP contribution in [0.25, 0.3) is 0 Å². The van der Waals surface area contributed by atoms with Crippen molar-refractivity contribution in [2.75, 3.05) is 6.61 Å². The van der Waals surface area contributed by atoms with E-state index in [9.17, 15) is 18.6 Å². The highest BCUT2D eigenvalue weighted by Gasteiger charge is 2.49. The Morgan fingerprint density at radius 1 is 0.972 bits per heavy atom. The zero-order valence-electron chi connectivity index (χ0n) is 21.5. The van der Waals surface area contributed by atoms with Crippen LogP contribution in [0.15, 0.2) is 65.6 Å². The van der Waals surface area contributed by atoms with Crippen molar-refractivity contribution in [3.05, 3.63) is 66.2 Å². The highest BCUT2D eigenvalue weighted by Crippen LogP contribution is 2.36. The van der Waals surface area contributed by atoms with Gasteiger partial charge in [0.2, 0.25) is 0 Å². The lowest BCUT2D eigenvalue weighted by molar-refractivity contribution is -0.164. The summed E-state index contributed by atoms with van der Waals surface area (Å²) in [4.78, 5) is 0.170. The van der Waals surface area contributed by atoms with Crippen LogP contribution in [-0.4, -0.2) is 60.7 Å². The highest BCUT2D eigenvalue weighted by molar-refractivity contribution is 7.92. The van der Waals surface area contributed by atoms with Gasteiger partial charge in [0.1, 0.15) is 12.2 Å². The van der Waals surface area contributed by atoms with E-state index in [1.165, 1.54) is 12.1 Å². The second-order valence-electron chi connectivity index (χ2n) is 9.84. The summed E-state index contributed by atoms with van der Waals surface area (Å²) in [5, 5.41) is 19.9. The van der Waals surface area contributed by atoms with Crippen LogP contribution >= 0.6 is 0 Å². The van der Waals surface area contributed by atoms with Gasteiger partial charge in [-0.05, 0) is 50.8 Å². The largest absolute Gasteiger partial charge is 0.396 e. The number of benzene rings is 2. The molecule has 0 amide bonds. The van der Waals surface area contributed by atoms with Gasteiger partial charge in [0, 0.05) is 6.61 Å². The molecule has 0 spiro atoms. The summed E-state index contributed by atoms with van der Waals surface area (Å²) >= 11 is 0. The summed E-state index contributed by atoms with van der Waals surface area (Å²) in [7, 11) is -3.76. The normalized spacial score (nSPS) is 22.2. The molecular weight excluding hydrogens is 480 g/mol. The molecule has 0 radical (unpaired) electrons. The van der Waals surface area contributed by atoms with Crippen LogP contribution < -0.4 is 0 Å². The maximum Gasteiger partial charge on any atom is 0.181 e. The van der Waals surface area contributed by atoms with E-state index in [1.807, 2.05) is 30.3 Å². The Hall–Kier alpha value is -1.81. The minimum absolute atomic E-state index is 0.0136. The lowest BCUT2D eigenvalue weighted by atomic mass is 9.96. The summed E-state index contributed by atoms with van der Waals surface area (Å²) in [5.74, 6) is -0.957. The molecule has 36 heavy (non-hydrogen) atoms. The Bertz CT molecular complexity index is 1010. The minimum Gasteiger partial charge on any atom is -0.396 e. The monoisotopic (exact) mass is 520 g/mol. The predicted molar refractivity (Wildman–Crippen MR) is 138 cm³/mol. The van der Waals surface area contributed by atoms with E-state index < -0.39 is 39.2 Å².